The van der Waals surface area contributed by atoms with Gasteiger partial charge in [-0.2, -0.15) is 0 Å². The van der Waals surface area contributed by atoms with Gasteiger partial charge in [0.1, 0.15) is 0 Å². The Bertz CT molecular complexity index is 483. The van der Waals surface area contributed by atoms with Gasteiger partial charge in [0.25, 0.3) is 0 Å². The van der Waals surface area contributed by atoms with Crippen molar-refractivity contribution in [3.8, 4) is 0 Å². The molecule has 1 N–H and O–H groups in total. The Hall–Kier alpha value is -1.45. The summed E-state index contributed by atoms with van der Waals surface area (Å²) in [6, 6.07) is 10.6. The summed E-state index contributed by atoms with van der Waals surface area (Å²) in [5.74, 6) is 0.490. The highest BCUT2D eigenvalue weighted by atomic mass is 16.3. The fourth-order valence-corrected chi connectivity index (χ4v) is 3.39. The van der Waals surface area contributed by atoms with Crippen LogP contribution in [0.25, 0.3) is 0 Å². The van der Waals surface area contributed by atoms with Gasteiger partial charge in [0.15, 0.2) is 5.78 Å². The Labute approximate surface area is 113 Å². The summed E-state index contributed by atoms with van der Waals surface area (Å²) >= 11 is 0. The van der Waals surface area contributed by atoms with Crippen LogP contribution in [0, 0.1) is 5.92 Å². The van der Waals surface area contributed by atoms with Crippen LogP contribution in [0.2, 0.25) is 0 Å². The van der Waals surface area contributed by atoms with Crippen LogP contribution >= 0.6 is 0 Å². The van der Waals surface area contributed by atoms with Crippen molar-refractivity contribution in [2.24, 2.45) is 5.92 Å². The molecule has 0 amide bonds. The van der Waals surface area contributed by atoms with Crippen LogP contribution < -0.4 is 0 Å². The molecule has 1 saturated heterocycles. The van der Waals surface area contributed by atoms with Crippen LogP contribution in [-0.2, 0) is 11.3 Å². The Balaban J connectivity index is 1.81. The minimum atomic E-state index is -0.0395. The van der Waals surface area contributed by atoms with Gasteiger partial charge in [-0.3, -0.25) is 9.69 Å². The summed E-state index contributed by atoms with van der Waals surface area (Å²) in [5, 5.41) is 9.16. The summed E-state index contributed by atoms with van der Waals surface area (Å²) in [6.07, 6.45) is 5.47. The Morgan fingerprint density at radius 1 is 1.26 bits per heavy atom. The lowest BCUT2D eigenvalue weighted by Gasteiger charge is -2.31. The van der Waals surface area contributed by atoms with E-state index < -0.39 is 0 Å². The summed E-state index contributed by atoms with van der Waals surface area (Å²) in [6.45, 7) is 0.981. The molecule has 0 unspecified atom stereocenters. The molecule has 2 bridgehead atoms. The molecular formula is C16H19NO2. The Morgan fingerprint density at radius 2 is 2.05 bits per heavy atom. The monoisotopic (exact) mass is 257 g/mol. The first-order chi connectivity index (χ1) is 9.29. The van der Waals surface area contributed by atoms with Gasteiger partial charge in [0.2, 0.25) is 0 Å². The zero-order valence-corrected chi connectivity index (χ0v) is 10.9. The number of rotatable bonds is 4. The molecule has 1 aromatic carbocycles. The summed E-state index contributed by atoms with van der Waals surface area (Å²) in [7, 11) is 0. The van der Waals surface area contributed by atoms with Crippen molar-refractivity contribution >= 4 is 5.78 Å². The van der Waals surface area contributed by atoms with Gasteiger partial charge in [-0.15, -0.1) is 0 Å². The van der Waals surface area contributed by atoms with Crippen LogP contribution in [0.4, 0.5) is 0 Å². The van der Waals surface area contributed by atoms with Crippen molar-refractivity contribution in [2.45, 2.75) is 31.5 Å². The van der Waals surface area contributed by atoms with Crippen LogP contribution in [-0.4, -0.2) is 34.5 Å². The quantitative estimate of drug-likeness (QED) is 0.893. The predicted molar refractivity (Wildman–Crippen MR) is 73.5 cm³/mol. The number of nitrogens with zero attached hydrogens (tertiary/aromatic N) is 1. The number of hydrogen-bond donors (Lipinski definition) is 1. The first-order valence-corrected chi connectivity index (χ1v) is 6.92. The largest absolute Gasteiger partial charge is 0.396 e. The van der Waals surface area contributed by atoms with E-state index in [-0.39, 0.29) is 18.4 Å². The minimum Gasteiger partial charge on any atom is -0.396 e. The number of aliphatic hydroxyl groups excluding tert-OH is 1. The molecule has 3 nitrogen and oxygen atoms in total. The number of ketones is 1. The Kier molecular flexibility index (Phi) is 3.49. The highest BCUT2D eigenvalue weighted by Crippen LogP contribution is 2.37. The van der Waals surface area contributed by atoms with Gasteiger partial charge < -0.3 is 5.11 Å². The second-order valence-corrected chi connectivity index (χ2v) is 5.44. The molecule has 1 fully saturated rings. The van der Waals surface area contributed by atoms with Gasteiger partial charge in [-0.1, -0.05) is 36.4 Å². The second-order valence-electron chi connectivity index (χ2n) is 5.44. The fraction of sp³-hybridized carbons (Fsp3) is 0.438. The predicted octanol–water partition coefficient (Wildman–Crippen LogP) is 1.77. The average Bonchev–Trinajstić information content (AvgIpc) is 2.66. The lowest BCUT2D eigenvalue weighted by molar-refractivity contribution is -0.121. The van der Waals surface area contributed by atoms with Crippen LogP contribution in [0.1, 0.15) is 18.4 Å². The van der Waals surface area contributed by atoms with Crippen molar-refractivity contribution in [1.29, 1.82) is 0 Å². The lowest BCUT2D eigenvalue weighted by atomic mass is 9.94. The van der Waals surface area contributed by atoms with Crippen molar-refractivity contribution in [3.63, 3.8) is 0 Å². The summed E-state index contributed by atoms with van der Waals surface area (Å²) in [5.41, 5.74) is 1.24. The van der Waals surface area contributed by atoms with E-state index in [4.69, 9.17) is 5.11 Å². The second kappa shape index (κ2) is 5.27. The van der Waals surface area contributed by atoms with Gasteiger partial charge in [-0.25, -0.2) is 0 Å². The zero-order valence-electron chi connectivity index (χ0n) is 10.9. The molecule has 2 aliphatic heterocycles. The molecular weight excluding hydrogens is 238 g/mol. The Morgan fingerprint density at radius 3 is 2.79 bits per heavy atom. The van der Waals surface area contributed by atoms with E-state index in [1.54, 1.807) is 6.08 Å². The smallest absolute Gasteiger partial charge is 0.172 e. The minimum absolute atomic E-state index is 0.0395. The van der Waals surface area contributed by atoms with E-state index in [0.717, 1.165) is 19.4 Å². The van der Waals surface area contributed by atoms with Gasteiger partial charge in [0.05, 0.1) is 6.04 Å². The van der Waals surface area contributed by atoms with Gasteiger partial charge in [-0.05, 0) is 30.4 Å². The number of aliphatic hydroxyl groups is 1. The van der Waals surface area contributed by atoms with E-state index in [2.05, 4.69) is 17.0 Å². The number of carbonyl (C=O) groups excluding carboxylic acids is 1. The third kappa shape index (κ3) is 2.36. The highest BCUT2D eigenvalue weighted by molar-refractivity contribution is 5.96. The SMILES string of the molecule is O=C1C=C[C@H]2C[C@H](CCO)[C@@H]1N2Cc1ccccc1. The van der Waals surface area contributed by atoms with Crippen molar-refractivity contribution in [1.82, 2.24) is 4.90 Å². The number of benzene rings is 1. The molecule has 2 aliphatic rings. The van der Waals surface area contributed by atoms with Crippen LogP contribution in [0.3, 0.4) is 0 Å². The maximum Gasteiger partial charge on any atom is 0.172 e. The normalized spacial score (nSPS) is 29.9. The fourth-order valence-electron chi connectivity index (χ4n) is 3.39. The van der Waals surface area contributed by atoms with Crippen LogP contribution in [0.15, 0.2) is 42.5 Å². The molecule has 3 atom stereocenters. The van der Waals surface area contributed by atoms with E-state index in [0.29, 0.717) is 12.0 Å². The number of hydrogen-bond acceptors (Lipinski definition) is 3. The summed E-state index contributed by atoms with van der Waals surface area (Å²) in [4.78, 5) is 14.4. The van der Waals surface area contributed by atoms with Crippen molar-refractivity contribution in [2.75, 3.05) is 6.61 Å². The van der Waals surface area contributed by atoms with E-state index in [1.165, 1.54) is 5.56 Å². The number of carbonyl (C=O) groups is 1. The standard InChI is InChI=1S/C16H19NO2/c18-9-8-13-10-14-6-7-15(19)16(13)17(14)11-12-4-2-1-3-5-12/h1-7,13-14,16,18H,8-11H2/t13-,14-,16-/m0/s1. The molecule has 0 radical (unpaired) electrons. The first kappa shape index (κ1) is 12.6. The van der Waals surface area contributed by atoms with Gasteiger partial charge in [0, 0.05) is 19.2 Å². The molecule has 2 heterocycles. The van der Waals surface area contributed by atoms with E-state index in [1.807, 2.05) is 24.3 Å². The van der Waals surface area contributed by atoms with Gasteiger partial charge >= 0.3 is 0 Å². The maximum atomic E-state index is 12.1. The number of fused-ring (bicyclic) bond motifs is 2. The molecule has 3 rings (SSSR count). The molecule has 3 heteroatoms. The van der Waals surface area contributed by atoms with Crippen LogP contribution in [0.5, 0.6) is 0 Å². The lowest BCUT2D eigenvalue weighted by Crippen LogP contribution is -2.44. The molecule has 0 aromatic heterocycles. The molecule has 0 saturated carbocycles. The molecule has 19 heavy (non-hydrogen) atoms. The maximum absolute atomic E-state index is 12.1. The molecule has 1 aromatic rings. The van der Waals surface area contributed by atoms with Crippen molar-refractivity contribution < 1.29 is 9.90 Å². The summed E-state index contributed by atoms with van der Waals surface area (Å²) < 4.78 is 0. The van der Waals surface area contributed by atoms with Crippen molar-refractivity contribution in [3.05, 3.63) is 48.0 Å². The van der Waals surface area contributed by atoms with E-state index >= 15 is 0 Å². The third-order valence-electron chi connectivity index (χ3n) is 4.26. The topological polar surface area (TPSA) is 40.5 Å². The molecule has 100 valence electrons. The van der Waals surface area contributed by atoms with E-state index in [9.17, 15) is 4.79 Å². The average molecular weight is 257 g/mol. The third-order valence-corrected chi connectivity index (χ3v) is 4.26. The highest BCUT2D eigenvalue weighted by Gasteiger charge is 2.44. The molecule has 0 spiro atoms. The molecule has 0 aliphatic carbocycles. The zero-order chi connectivity index (χ0) is 13.2. The first-order valence-electron chi connectivity index (χ1n) is 6.92.